The van der Waals surface area contributed by atoms with Gasteiger partial charge in [-0.25, -0.2) is 19.9 Å². The summed E-state index contributed by atoms with van der Waals surface area (Å²) in [7, 11) is 0. The molecule has 0 radical (unpaired) electrons. The van der Waals surface area contributed by atoms with Crippen LogP contribution in [0, 0.1) is 0 Å². The molecule has 3 aromatic heterocycles. The molecule has 3 heterocycles. The molecule has 0 unspecified atom stereocenters. The molecule has 10 rings (SSSR count). The Kier molecular flexibility index (Phi) is 8.32. The van der Waals surface area contributed by atoms with E-state index in [0.29, 0.717) is 17.5 Å². The van der Waals surface area contributed by atoms with E-state index in [9.17, 15) is 0 Å². The van der Waals surface area contributed by atoms with Crippen molar-refractivity contribution in [2.45, 2.75) is 0 Å². The summed E-state index contributed by atoms with van der Waals surface area (Å²) in [5.41, 5.74) is 11.7. The van der Waals surface area contributed by atoms with Crippen LogP contribution in [-0.4, -0.2) is 19.9 Å². The fourth-order valence-corrected chi connectivity index (χ4v) is 8.63. The molecule has 5 heteroatoms. The number of hydrogen-bond donors (Lipinski definition) is 0. The molecule has 0 saturated heterocycles. The average Bonchev–Trinajstić information content (AvgIpc) is 3.69. The van der Waals surface area contributed by atoms with Crippen molar-refractivity contribution in [3.63, 3.8) is 0 Å². The lowest BCUT2D eigenvalue weighted by molar-refractivity contribution is 1.07. The summed E-state index contributed by atoms with van der Waals surface area (Å²) in [6, 6.07) is 67.4. The lowest BCUT2D eigenvalue weighted by Crippen LogP contribution is -2.00. The summed E-state index contributed by atoms with van der Waals surface area (Å²) in [6.45, 7) is 0. The lowest BCUT2D eigenvalue weighted by atomic mass is 9.94. The number of thiophene rings is 1. The van der Waals surface area contributed by atoms with Gasteiger partial charge in [-0.2, -0.15) is 0 Å². The number of nitrogens with zero attached hydrogens (tertiary/aromatic N) is 4. The van der Waals surface area contributed by atoms with Gasteiger partial charge in [0.2, 0.25) is 0 Å². The van der Waals surface area contributed by atoms with Gasteiger partial charge in [0.25, 0.3) is 0 Å². The van der Waals surface area contributed by atoms with Crippen molar-refractivity contribution >= 4 is 32.3 Å². The van der Waals surface area contributed by atoms with Crippen LogP contribution in [0.25, 0.3) is 99.1 Å². The zero-order valence-corrected chi connectivity index (χ0v) is 30.5. The summed E-state index contributed by atoms with van der Waals surface area (Å²) in [5.74, 6) is 1.93. The smallest absolute Gasteiger partial charge is 0.164 e. The average molecular weight is 721 g/mol. The van der Waals surface area contributed by atoms with Crippen LogP contribution in [-0.2, 0) is 0 Å². The van der Waals surface area contributed by atoms with E-state index in [-0.39, 0.29) is 0 Å². The Balaban J connectivity index is 1.10. The molecule has 0 aliphatic heterocycles. The topological polar surface area (TPSA) is 51.6 Å². The van der Waals surface area contributed by atoms with Crippen molar-refractivity contribution in [2.24, 2.45) is 0 Å². The van der Waals surface area contributed by atoms with Gasteiger partial charge in [0, 0.05) is 48.2 Å². The second-order valence-corrected chi connectivity index (χ2v) is 14.4. The molecular formula is C50H32N4S. The second kappa shape index (κ2) is 14.0. The van der Waals surface area contributed by atoms with Crippen molar-refractivity contribution in [3.05, 3.63) is 194 Å². The highest BCUT2D eigenvalue weighted by Gasteiger charge is 2.22. The molecule has 0 spiro atoms. The molecular weight excluding hydrogens is 689 g/mol. The van der Waals surface area contributed by atoms with E-state index in [1.165, 1.54) is 37.0 Å². The van der Waals surface area contributed by atoms with Crippen molar-refractivity contribution in [1.82, 2.24) is 19.9 Å². The first-order valence-corrected chi connectivity index (χ1v) is 19.1. The molecule has 0 fully saturated rings. The van der Waals surface area contributed by atoms with E-state index in [1.54, 1.807) is 0 Å². The van der Waals surface area contributed by atoms with Gasteiger partial charge < -0.3 is 0 Å². The third-order valence-corrected chi connectivity index (χ3v) is 11.2. The van der Waals surface area contributed by atoms with Gasteiger partial charge in [-0.05, 0) is 34.4 Å². The zero-order chi connectivity index (χ0) is 36.6. The fourth-order valence-electron chi connectivity index (χ4n) is 7.26. The van der Waals surface area contributed by atoms with E-state index < -0.39 is 0 Å². The highest BCUT2D eigenvalue weighted by molar-refractivity contribution is 7.24. The fraction of sp³-hybridized carbons (Fsp3) is 0. The van der Waals surface area contributed by atoms with Crippen LogP contribution in [0.1, 0.15) is 0 Å². The Bertz CT molecular complexity index is 2890. The minimum atomic E-state index is 0.635. The normalized spacial score (nSPS) is 11.3. The molecule has 0 aliphatic carbocycles. The molecule has 55 heavy (non-hydrogen) atoms. The highest BCUT2D eigenvalue weighted by atomic mass is 32.1. The Morgan fingerprint density at radius 1 is 0.327 bits per heavy atom. The van der Waals surface area contributed by atoms with Crippen molar-refractivity contribution in [1.29, 1.82) is 0 Å². The number of fused-ring (bicyclic) bond motifs is 3. The third-order valence-electron chi connectivity index (χ3n) is 9.94. The predicted octanol–water partition coefficient (Wildman–Crippen LogP) is 13.3. The summed E-state index contributed by atoms with van der Waals surface area (Å²) in [4.78, 5) is 21.4. The van der Waals surface area contributed by atoms with Gasteiger partial charge in [-0.3, -0.25) is 0 Å². The molecule has 0 aliphatic rings. The molecule has 7 aromatic carbocycles. The molecule has 0 saturated carbocycles. The minimum Gasteiger partial charge on any atom is -0.247 e. The first-order chi connectivity index (χ1) is 27.3. The van der Waals surface area contributed by atoms with Crippen LogP contribution in [0.15, 0.2) is 194 Å². The number of hydrogen-bond acceptors (Lipinski definition) is 5. The van der Waals surface area contributed by atoms with Gasteiger partial charge in [0.1, 0.15) is 0 Å². The molecule has 10 aromatic rings. The maximum Gasteiger partial charge on any atom is 0.164 e. The summed E-state index contributed by atoms with van der Waals surface area (Å²) >= 11 is 1.85. The van der Waals surface area contributed by atoms with Crippen LogP contribution in [0.3, 0.4) is 0 Å². The van der Waals surface area contributed by atoms with Gasteiger partial charge in [0.05, 0.1) is 11.2 Å². The SMILES string of the molecule is c1ccc(-c2nc(-c3ccccc3)nc(-c3ccc(-c4cccc(-c5nc6ccccc6c6sc(-c7ccccc7)c(-c7ccccc7)c56)c4)cc3)n2)cc1. The monoisotopic (exact) mass is 720 g/mol. The van der Waals surface area contributed by atoms with Crippen LogP contribution in [0.4, 0.5) is 0 Å². The number of benzene rings is 7. The van der Waals surface area contributed by atoms with E-state index in [0.717, 1.165) is 44.6 Å². The first kappa shape index (κ1) is 32.6. The highest BCUT2D eigenvalue weighted by Crippen LogP contribution is 2.50. The molecule has 0 N–H and O–H groups in total. The Labute approximate surface area is 323 Å². The third kappa shape index (κ3) is 6.17. The molecule has 0 amide bonds. The number of para-hydroxylation sites is 1. The quantitative estimate of drug-likeness (QED) is 0.164. The first-order valence-electron chi connectivity index (χ1n) is 18.3. The van der Waals surface area contributed by atoms with Crippen molar-refractivity contribution in [2.75, 3.05) is 0 Å². The largest absolute Gasteiger partial charge is 0.247 e. The zero-order valence-electron chi connectivity index (χ0n) is 29.7. The summed E-state index contributed by atoms with van der Waals surface area (Å²) in [5, 5.41) is 2.35. The lowest BCUT2D eigenvalue weighted by Gasteiger charge is -2.12. The Morgan fingerprint density at radius 3 is 1.38 bits per heavy atom. The van der Waals surface area contributed by atoms with E-state index in [4.69, 9.17) is 19.9 Å². The van der Waals surface area contributed by atoms with Gasteiger partial charge in [-0.15, -0.1) is 11.3 Å². The van der Waals surface area contributed by atoms with E-state index in [1.807, 2.05) is 72.0 Å². The molecule has 258 valence electrons. The van der Waals surface area contributed by atoms with Crippen LogP contribution in [0.2, 0.25) is 0 Å². The molecule has 4 nitrogen and oxygen atoms in total. The second-order valence-electron chi connectivity index (χ2n) is 13.4. The van der Waals surface area contributed by atoms with E-state index >= 15 is 0 Å². The van der Waals surface area contributed by atoms with Crippen LogP contribution in [0.5, 0.6) is 0 Å². The minimum absolute atomic E-state index is 0.635. The maximum atomic E-state index is 5.41. The van der Waals surface area contributed by atoms with Gasteiger partial charge >= 0.3 is 0 Å². The van der Waals surface area contributed by atoms with E-state index in [2.05, 4.69) is 133 Å². The van der Waals surface area contributed by atoms with Crippen LogP contribution >= 0.6 is 11.3 Å². The summed E-state index contributed by atoms with van der Waals surface area (Å²) < 4.78 is 1.25. The van der Waals surface area contributed by atoms with Crippen molar-refractivity contribution in [3.8, 4) is 78.1 Å². The predicted molar refractivity (Wildman–Crippen MR) is 229 cm³/mol. The molecule has 0 bridgehead atoms. The molecule has 0 atom stereocenters. The standard InChI is InChI=1S/C50H32N4S/c1-5-16-34(17-6-1)43-44-45(51-42-27-14-13-26-41(42)47(44)55-46(43)35-18-7-2-8-19-35)40-25-15-24-39(32-40)33-28-30-38(31-29-33)50-53-48(36-20-9-3-10-21-36)52-49(54-50)37-22-11-4-12-23-37/h1-32H. The maximum absolute atomic E-state index is 5.41. The number of aromatic nitrogens is 4. The Hall–Kier alpha value is -7.08. The van der Waals surface area contributed by atoms with Crippen molar-refractivity contribution < 1.29 is 0 Å². The Morgan fingerprint density at radius 2 is 0.782 bits per heavy atom. The number of rotatable bonds is 7. The van der Waals surface area contributed by atoms with Gasteiger partial charge in [-0.1, -0.05) is 182 Å². The van der Waals surface area contributed by atoms with Crippen LogP contribution < -0.4 is 0 Å². The van der Waals surface area contributed by atoms with Gasteiger partial charge in [0.15, 0.2) is 17.5 Å². The summed E-state index contributed by atoms with van der Waals surface area (Å²) in [6.07, 6.45) is 0. The number of pyridine rings is 1.